The molecule has 0 amide bonds. The third-order valence-electron chi connectivity index (χ3n) is 2.28. The minimum absolute atomic E-state index is 0.351. The Kier molecular flexibility index (Phi) is 6.60. The zero-order chi connectivity index (χ0) is 13.4. The quantitative estimate of drug-likeness (QED) is 0.357. The number of anilines is 1. The molecule has 0 fully saturated rings. The first-order valence-electron chi connectivity index (χ1n) is 5.87. The topological polar surface area (TPSA) is 61.5 Å². The first-order valence-corrected chi connectivity index (χ1v) is 6.86. The number of hydrogen-bond acceptors (Lipinski definition) is 5. The second-order valence-electron chi connectivity index (χ2n) is 3.66. The molecular formula is C13H19NO3S. The van der Waals surface area contributed by atoms with Crippen molar-refractivity contribution >= 4 is 23.4 Å². The lowest BCUT2D eigenvalue weighted by molar-refractivity contribution is 0.0527. The van der Waals surface area contributed by atoms with Crippen molar-refractivity contribution in [2.24, 2.45) is 0 Å². The third kappa shape index (κ3) is 4.58. The van der Waals surface area contributed by atoms with Crippen LogP contribution in [0.4, 0.5) is 5.69 Å². The van der Waals surface area contributed by atoms with E-state index in [0.717, 1.165) is 23.7 Å². The monoisotopic (exact) mass is 269 g/mol. The minimum atomic E-state index is -0.366. The Bertz CT molecular complexity index is 396. The second-order valence-corrected chi connectivity index (χ2v) is 4.83. The molecule has 4 nitrogen and oxygen atoms in total. The summed E-state index contributed by atoms with van der Waals surface area (Å²) in [5, 5.41) is 0. The maximum absolute atomic E-state index is 11.7. The van der Waals surface area contributed by atoms with Crippen LogP contribution in [0.3, 0.4) is 0 Å². The van der Waals surface area contributed by atoms with E-state index in [0.29, 0.717) is 17.9 Å². The Morgan fingerprint density at radius 1 is 1.44 bits per heavy atom. The molecule has 100 valence electrons. The summed E-state index contributed by atoms with van der Waals surface area (Å²) in [6.45, 7) is 2.87. The van der Waals surface area contributed by atoms with Crippen molar-refractivity contribution in [1.82, 2.24) is 0 Å². The van der Waals surface area contributed by atoms with Crippen LogP contribution in [-0.4, -0.2) is 32.0 Å². The molecule has 0 aliphatic rings. The molecule has 0 bridgehead atoms. The summed E-state index contributed by atoms with van der Waals surface area (Å²) in [5.41, 5.74) is 6.66. The van der Waals surface area contributed by atoms with Crippen molar-refractivity contribution in [2.45, 2.75) is 18.2 Å². The van der Waals surface area contributed by atoms with Crippen LogP contribution in [0.2, 0.25) is 0 Å². The highest BCUT2D eigenvalue weighted by Gasteiger charge is 2.11. The van der Waals surface area contributed by atoms with E-state index in [9.17, 15) is 4.79 Å². The van der Waals surface area contributed by atoms with Gasteiger partial charge in [0, 0.05) is 30.1 Å². The van der Waals surface area contributed by atoms with Crippen LogP contribution in [-0.2, 0) is 9.47 Å². The van der Waals surface area contributed by atoms with Crippen LogP contribution in [0.5, 0.6) is 0 Å². The molecule has 0 radical (unpaired) electrons. The van der Waals surface area contributed by atoms with E-state index in [1.54, 1.807) is 37.9 Å². The molecule has 1 aromatic rings. The van der Waals surface area contributed by atoms with E-state index in [4.69, 9.17) is 15.2 Å². The number of nitrogen functional groups attached to an aromatic ring is 1. The molecule has 1 aromatic carbocycles. The standard InChI is InChI=1S/C13H19NO3S/c1-3-17-13(15)11-9-10(5-6-12(11)14)18-8-4-7-16-2/h5-6,9H,3-4,7-8,14H2,1-2H3. The number of nitrogens with two attached hydrogens (primary N) is 1. The van der Waals surface area contributed by atoms with Crippen LogP contribution >= 0.6 is 11.8 Å². The number of thioether (sulfide) groups is 1. The lowest BCUT2D eigenvalue weighted by Crippen LogP contribution is -2.08. The first kappa shape index (κ1) is 14.9. The summed E-state index contributed by atoms with van der Waals surface area (Å²) in [4.78, 5) is 12.7. The number of ether oxygens (including phenoxy) is 2. The van der Waals surface area contributed by atoms with Gasteiger partial charge in [-0.15, -0.1) is 11.8 Å². The normalized spacial score (nSPS) is 10.3. The van der Waals surface area contributed by atoms with Crippen molar-refractivity contribution in [2.75, 3.05) is 31.8 Å². The van der Waals surface area contributed by atoms with Gasteiger partial charge >= 0.3 is 5.97 Å². The maximum atomic E-state index is 11.7. The number of carbonyl (C=O) groups excluding carboxylic acids is 1. The van der Waals surface area contributed by atoms with Crippen molar-refractivity contribution in [3.63, 3.8) is 0 Å². The molecule has 0 aromatic heterocycles. The zero-order valence-electron chi connectivity index (χ0n) is 10.8. The van der Waals surface area contributed by atoms with Gasteiger partial charge in [-0.25, -0.2) is 4.79 Å². The van der Waals surface area contributed by atoms with Gasteiger partial charge in [-0.2, -0.15) is 0 Å². The lowest BCUT2D eigenvalue weighted by Gasteiger charge is -2.08. The number of methoxy groups -OCH3 is 1. The Morgan fingerprint density at radius 3 is 2.89 bits per heavy atom. The van der Waals surface area contributed by atoms with Crippen LogP contribution in [0.15, 0.2) is 23.1 Å². The Labute approximate surface area is 112 Å². The van der Waals surface area contributed by atoms with Crippen LogP contribution < -0.4 is 5.73 Å². The van der Waals surface area contributed by atoms with E-state index < -0.39 is 0 Å². The molecular weight excluding hydrogens is 250 g/mol. The van der Waals surface area contributed by atoms with Crippen LogP contribution in [0, 0.1) is 0 Å². The van der Waals surface area contributed by atoms with E-state index in [1.807, 2.05) is 6.07 Å². The molecule has 0 saturated carbocycles. The third-order valence-corrected chi connectivity index (χ3v) is 3.36. The molecule has 0 saturated heterocycles. The Hall–Kier alpha value is -1.20. The Morgan fingerprint density at radius 2 is 2.22 bits per heavy atom. The molecule has 0 aliphatic heterocycles. The lowest BCUT2D eigenvalue weighted by atomic mass is 10.2. The second kappa shape index (κ2) is 8.00. The maximum Gasteiger partial charge on any atom is 0.340 e. The minimum Gasteiger partial charge on any atom is -0.462 e. The van der Waals surface area contributed by atoms with Crippen molar-refractivity contribution < 1.29 is 14.3 Å². The predicted octanol–water partition coefficient (Wildman–Crippen LogP) is 2.57. The smallest absolute Gasteiger partial charge is 0.340 e. The predicted molar refractivity (Wildman–Crippen MR) is 74.0 cm³/mol. The number of benzene rings is 1. The SMILES string of the molecule is CCOC(=O)c1cc(SCCCOC)ccc1N. The van der Waals surface area contributed by atoms with Crippen molar-refractivity contribution in [3.8, 4) is 0 Å². The van der Waals surface area contributed by atoms with Gasteiger partial charge in [0.1, 0.15) is 0 Å². The van der Waals surface area contributed by atoms with Gasteiger partial charge in [0.05, 0.1) is 12.2 Å². The highest BCUT2D eigenvalue weighted by molar-refractivity contribution is 7.99. The number of esters is 1. The van der Waals surface area contributed by atoms with Crippen molar-refractivity contribution in [1.29, 1.82) is 0 Å². The number of hydrogen-bond donors (Lipinski definition) is 1. The number of carbonyl (C=O) groups is 1. The molecule has 18 heavy (non-hydrogen) atoms. The summed E-state index contributed by atoms with van der Waals surface area (Å²) >= 11 is 1.68. The highest BCUT2D eigenvalue weighted by Crippen LogP contribution is 2.24. The Balaban J connectivity index is 2.65. The fraction of sp³-hybridized carbons (Fsp3) is 0.462. The van der Waals surface area contributed by atoms with E-state index in [2.05, 4.69) is 0 Å². The summed E-state index contributed by atoms with van der Waals surface area (Å²) in [6.07, 6.45) is 0.973. The molecule has 0 spiro atoms. The van der Waals surface area contributed by atoms with E-state index in [-0.39, 0.29) is 5.97 Å². The largest absolute Gasteiger partial charge is 0.462 e. The molecule has 0 heterocycles. The number of rotatable bonds is 7. The van der Waals surface area contributed by atoms with Gasteiger partial charge in [0.25, 0.3) is 0 Å². The van der Waals surface area contributed by atoms with Gasteiger partial charge < -0.3 is 15.2 Å². The fourth-order valence-electron chi connectivity index (χ4n) is 1.40. The van der Waals surface area contributed by atoms with Gasteiger partial charge in [-0.1, -0.05) is 0 Å². The van der Waals surface area contributed by atoms with Crippen LogP contribution in [0.25, 0.3) is 0 Å². The molecule has 0 unspecified atom stereocenters. The zero-order valence-corrected chi connectivity index (χ0v) is 11.6. The fourth-order valence-corrected chi connectivity index (χ4v) is 2.27. The molecule has 0 atom stereocenters. The summed E-state index contributed by atoms with van der Waals surface area (Å²) in [6, 6.07) is 5.44. The average Bonchev–Trinajstić information content (AvgIpc) is 2.36. The highest BCUT2D eigenvalue weighted by atomic mass is 32.2. The molecule has 5 heteroatoms. The van der Waals surface area contributed by atoms with Gasteiger partial charge in [-0.3, -0.25) is 0 Å². The molecule has 1 rings (SSSR count). The summed E-state index contributed by atoms with van der Waals surface area (Å²) in [5.74, 6) is 0.578. The van der Waals surface area contributed by atoms with Gasteiger partial charge in [-0.05, 0) is 31.5 Å². The summed E-state index contributed by atoms with van der Waals surface area (Å²) < 4.78 is 9.94. The van der Waals surface area contributed by atoms with Crippen molar-refractivity contribution in [3.05, 3.63) is 23.8 Å². The summed E-state index contributed by atoms with van der Waals surface area (Å²) in [7, 11) is 1.69. The van der Waals surface area contributed by atoms with Gasteiger partial charge in [0.2, 0.25) is 0 Å². The van der Waals surface area contributed by atoms with E-state index in [1.165, 1.54) is 0 Å². The van der Waals surface area contributed by atoms with E-state index >= 15 is 0 Å². The van der Waals surface area contributed by atoms with Crippen LogP contribution in [0.1, 0.15) is 23.7 Å². The average molecular weight is 269 g/mol. The first-order chi connectivity index (χ1) is 8.69. The molecule has 2 N–H and O–H groups in total. The molecule has 0 aliphatic carbocycles. The van der Waals surface area contributed by atoms with Gasteiger partial charge in [0.15, 0.2) is 0 Å².